The fourth-order valence-corrected chi connectivity index (χ4v) is 4.94. The zero-order chi connectivity index (χ0) is 22.2. The molecule has 0 amide bonds. The lowest BCUT2D eigenvalue weighted by Gasteiger charge is -2.40. The van der Waals surface area contributed by atoms with Crippen molar-refractivity contribution in [2.75, 3.05) is 44.2 Å². The fraction of sp³-hybridized carbons (Fsp3) is 0.500. The molecule has 2 saturated heterocycles. The van der Waals surface area contributed by atoms with E-state index in [0.29, 0.717) is 11.8 Å². The van der Waals surface area contributed by atoms with Crippen LogP contribution in [0.2, 0.25) is 0 Å². The second-order valence-electron chi connectivity index (χ2n) is 9.00. The number of hydrogen-bond donors (Lipinski definition) is 2. The highest BCUT2D eigenvalue weighted by Crippen LogP contribution is 2.27. The smallest absolute Gasteiger partial charge is 0.341 e. The number of hydrogen-bond acceptors (Lipinski definition) is 5. The number of ether oxygens (including phenoxy) is 1. The van der Waals surface area contributed by atoms with E-state index >= 15 is 0 Å². The first-order chi connectivity index (χ1) is 15.7. The summed E-state index contributed by atoms with van der Waals surface area (Å²) in [5.41, 5.74) is 2.60. The van der Waals surface area contributed by atoms with Crippen molar-refractivity contribution < 1.29 is 14.6 Å². The highest BCUT2D eigenvalue weighted by molar-refractivity contribution is 5.68. The zero-order valence-electron chi connectivity index (χ0n) is 18.8. The first kappa shape index (κ1) is 22.6. The number of carbonyl (C=O) groups is 1. The summed E-state index contributed by atoms with van der Waals surface area (Å²) < 4.78 is 5.25. The van der Waals surface area contributed by atoms with Gasteiger partial charge in [0.15, 0.2) is 6.61 Å². The van der Waals surface area contributed by atoms with Gasteiger partial charge in [-0.15, -0.1) is 0 Å². The van der Waals surface area contributed by atoms with E-state index in [4.69, 9.17) is 9.84 Å². The van der Waals surface area contributed by atoms with Crippen molar-refractivity contribution in [2.24, 2.45) is 5.92 Å². The molecule has 2 aromatic carbocycles. The maximum atomic E-state index is 10.7. The number of carboxylic acid groups (broad SMARTS) is 1. The third-order valence-corrected chi connectivity index (χ3v) is 6.72. The highest BCUT2D eigenvalue weighted by atomic mass is 16.5. The molecule has 6 nitrogen and oxygen atoms in total. The van der Waals surface area contributed by atoms with E-state index in [2.05, 4.69) is 45.4 Å². The fourth-order valence-electron chi connectivity index (χ4n) is 4.94. The number of aliphatic carboxylic acids is 1. The van der Waals surface area contributed by atoms with Crippen LogP contribution in [0.4, 0.5) is 5.69 Å². The Morgan fingerprint density at radius 3 is 2.34 bits per heavy atom. The Morgan fingerprint density at radius 1 is 1.00 bits per heavy atom. The maximum absolute atomic E-state index is 10.7. The Kier molecular flexibility index (Phi) is 8.02. The van der Waals surface area contributed by atoms with Crippen molar-refractivity contribution >= 4 is 11.7 Å². The lowest BCUT2D eigenvalue weighted by molar-refractivity contribution is -0.139. The molecular formula is C26H35N3O3. The van der Waals surface area contributed by atoms with Crippen LogP contribution in [0.5, 0.6) is 5.75 Å². The van der Waals surface area contributed by atoms with Crippen LogP contribution in [0.1, 0.15) is 31.2 Å². The topological polar surface area (TPSA) is 65.0 Å². The number of anilines is 1. The molecule has 2 heterocycles. The predicted molar refractivity (Wildman–Crippen MR) is 127 cm³/mol. The van der Waals surface area contributed by atoms with Gasteiger partial charge in [0.05, 0.1) is 0 Å². The van der Waals surface area contributed by atoms with E-state index in [9.17, 15) is 4.79 Å². The van der Waals surface area contributed by atoms with Crippen molar-refractivity contribution in [3.05, 3.63) is 60.2 Å². The van der Waals surface area contributed by atoms with E-state index < -0.39 is 5.97 Å². The molecule has 4 rings (SSSR count). The Balaban J connectivity index is 1.31. The number of carboxylic acids is 1. The van der Waals surface area contributed by atoms with E-state index in [1.54, 1.807) is 0 Å². The molecule has 0 radical (unpaired) electrons. The van der Waals surface area contributed by atoms with Gasteiger partial charge in [0.1, 0.15) is 5.75 Å². The van der Waals surface area contributed by atoms with Crippen LogP contribution < -0.4 is 15.0 Å². The van der Waals surface area contributed by atoms with Crippen LogP contribution in [0.15, 0.2) is 54.6 Å². The number of piperidine rings is 2. The number of nitrogens with zero attached hydrogens (tertiary/aromatic N) is 2. The average Bonchev–Trinajstić information content (AvgIpc) is 2.84. The maximum Gasteiger partial charge on any atom is 0.341 e. The first-order valence-electron chi connectivity index (χ1n) is 11.9. The van der Waals surface area contributed by atoms with E-state index in [1.807, 2.05) is 24.3 Å². The van der Waals surface area contributed by atoms with Crippen molar-refractivity contribution in [1.82, 2.24) is 10.2 Å². The van der Waals surface area contributed by atoms with Crippen molar-refractivity contribution in [2.45, 2.75) is 38.3 Å². The minimum Gasteiger partial charge on any atom is -0.482 e. The summed E-state index contributed by atoms with van der Waals surface area (Å²) in [6, 6.07) is 19.4. The third kappa shape index (κ3) is 6.47. The molecular weight excluding hydrogens is 402 g/mol. The molecule has 0 atom stereocenters. The van der Waals surface area contributed by atoms with Gasteiger partial charge in [-0.1, -0.05) is 30.3 Å². The van der Waals surface area contributed by atoms with Gasteiger partial charge in [-0.3, -0.25) is 4.90 Å². The highest BCUT2D eigenvalue weighted by Gasteiger charge is 2.26. The molecule has 0 unspecified atom stereocenters. The molecule has 0 aliphatic carbocycles. The zero-order valence-corrected chi connectivity index (χ0v) is 18.8. The number of nitrogens with one attached hydrogen (secondary N) is 1. The van der Waals surface area contributed by atoms with Crippen molar-refractivity contribution in [1.29, 1.82) is 0 Å². The lowest BCUT2D eigenvalue weighted by atomic mass is 9.93. The van der Waals surface area contributed by atoms with Crippen molar-refractivity contribution in [3.63, 3.8) is 0 Å². The Morgan fingerprint density at radius 2 is 1.69 bits per heavy atom. The van der Waals surface area contributed by atoms with Gasteiger partial charge in [0.2, 0.25) is 0 Å². The molecule has 6 heteroatoms. The molecule has 172 valence electrons. The minimum absolute atomic E-state index is 0.304. The van der Waals surface area contributed by atoms with Crippen LogP contribution in [0.3, 0.4) is 0 Å². The van der Waals surface area contributed by atoms with Crippen LogP contribution in [-0.2, 0) is 11.3 Å². The van der Waals surface area contributed by atoms with E-state index in [1.165, 1.54) is 43.5 Å². The summed E-state index contributed by atoms with van der Waals surface area (Å²) in [4.78, 5) is 15.8. The average molecular weight is 438 g/mol. The van der Waals surface area contributed by atoms with Crippen LogP contribution in [-0.4, -0.2) is 61.3 Å². The lowest BCUT2D eigenvalue weighted by Crippen LogP contribution is -2.46. The van der Waals surface area contributed by atoms with Gasteiger partial charge < -0.3 is 20.1 Å². The minimum atomic E-state index is -0.957. The summed E-state index contributed by atoms with van der Waals surface area (Å²) in [5.74, 6) is 0.370. The van der Waals surface area contributed by atoms with Gasteiger partial charge in [-0.2, -0.15) is 0 Å². The van der Waals surface area contributed by atoms with Gasteiger partial charge >= 0.3 is 5.97 Å². The summed E-state index contributed by atoms with van der Waals surface area (Å²) in [6.07, 6.45) is 4.88. The summed E-state index contributed by atoms with van der Waals surface area (Å²) in [6.45, 7) is 6.29. The summed E-state index contributed by atoms with van der Waals surface area (Å²) in [5, 5.41) is 12.3. The van der Waals surface area contributed by atoms with Gasteiger partial charge in [0, 0.05) is 37.9 Å². The Labute approximate surface area is 191 Å². The summed E-state index contributed by atoms with van der Waals surface area (Å²) in [7, 11) is 0. The largest absolute Gasteiger partial charge is 0.482 e. The van der Waals surface area contributed by atoms with Gasteiger partial charge in [-0.25, -0.2) is 4.79 Å². The standard InChI is InChI=1S/C26H35N3O3/c30-26(31)20-32-25-8-6-23(7-9-25)28-16-12-22(13-17-28)19-29(24-10-14-27-15-11-24)18-21-4-2-1-3-5-21/h1-9,22,24,27H,10-20H2,(H,30,31). The second-order valence-corrected chi connectivity index (χ2v) is 9.00. The normalized spacial score (nSPS) is 18.1. The third-order valence-electron chi connectivity index (χ3n) is 6.72. The van der Waals surface area contributed by atoms with Crippen molar-refractivity contribution in [3.8, 4) is 5.75 Å². The molecule has 2 aliphatic heterocycles. The van der Waals surface area contributed by atoms with Crippen LogP contribution >= 0.6 is 0 Å². The molecule has 32 heavy (non-hydrogen) atoms. The molecule has 0 saturated carbocycles. The molecule has 0 spiro atoms. The van der Waals surface area contributed by atoms with Crippen LogP contribution in [0.25, 0.3) is 0 Å². The molecule has 0 aromatic heterocycles. The molecule has 2 fully saturated rings. The second kappa shape index (κ2) is 11.3. The SMILES string of the molecule is O=C(O)COc1ccc(N2CCC(CN(Cc3ccccc3)C3CCNCC3)CC2)cc1. The predicted octanol–water partition coefficient (Wildman–Crippen LogP) is 3.62. The van der Waals surface area contributed by atoms with Gasteiger partial charge in [0.25, 0.3) is 0 Å². The monoisotopic (exact) mass is 437 g/mol. The molecule has 0 bridgehead atoms. The van der Waals surface area contributed by atoms with Crippen LogP contribution in [0, 0.1) is 5.92 Å². The Bertz CT molecular complexity index is 829. The number of benzene rings is 2. The van der Waals surface area contributed by atoms with Gasteiger partial charge in [-0.05, 0) is 74.5 Å². The molecule has 2 aliphatic rings. The first-order valence-corrected chi connectivity index (χ1v) is 11.9. The number of rotatable bonds is 9. The molecule has 2 aromatic rings. The molecule has 2 N–H and O–H groups in total. The van der Waals surface area contributed by atoms with E-state index in [0.717, 1.165) is 38.6 Å². The Hall–Kier alpha value is -2.57. The van der Waals surface area contributed by atoms with E-state index in [-0.39, 0.29) is 6.61 Å². The summed E-state index contributed by atoms with van der Waals surface area (Å²) >= 11 is 0. The quantitative estimate of drug-likeness (QED) is 0.625.